The summed E-state index contributed by atoms with van der Waals surface area (Å²) in [5.74, 6) is -4.70. The number of carbonyl (C=O) groups excluding carboxylic acids is 1. The topological polar surface area (TPSA) is 38.3 Å². The monoisotopic (exact) mass is 281 g/mol. The van der Waals surface area contributed by atoms with E-state index >= 15 is 0 Å². The Morgan fingerprint density at radius 2 is 2.05 bits per heavy atom. The van der Waals surface area contributed by atoms with E-state index in [-0.39, 0.29) is 6.04 Å². The number of ether oxygens (including phenoxy) is 1. The summed E-state index contributed by atoms with van der Waals surface area (Å²) in [4.78, 5) is 10.9. The van der Waals surface area contributed by atoms with Crippen molar-refractivity contribution in [2.45, 2.75) is 43.8 Å². The molecule has 0 saturated carbocycles. The van der Waals surface area contributed by atoms with Crippen LogP contribution in [-0.4, -0.2) is 30.6 Å². The zero-order valence-electron chi connectivity index (χ0n) is 11.1. The van der Waals surface area contributed by atoms with Gasteiger partial charge in [0.2, 0.25) is 0 Å². The Morgan fingerprint density at radius 3 is 2.75 bits per heavy atom. The van der Waals surface area contributed by atoms with E-state index in [4.69, 9.17) is 0 Å². The third-order valence-electron chi connectivity index (χ3n) is 4.04. The van der Waals surface area contributed by atoms with Gasteiger partial charge in [-0.15, -0.1) is 0 Å². The lowest BCUT2D eigenvalue weighted by Crippen LogP contribution is -2.39. The largest absolute Gasteiger partial charge is 0.456 e. The Hall–Kier alpha value is -1.49. The Bertz CT molecular complexity index is 518. The molecular formula is C15H17F2NO2. The van der Waals surface area contributed by atoms with Crippen LogP contribution >= 0.6 is 0 Å². The van der Waals surface area contributed by atoms with E-state index in [0.29, 0.717) is 6.54 Å². The minimum Gasteiger partial charge on any atom is -0.456 e. The highest BCUT2D eigenvalue weighted by Gasteiger charge is 2.50. The van der Waals surface area contributed by atoms with Crippen LogP contribution in [-0.2, 0) is 22.4 Å². The minimum absolute atomic E-state index is 0.262. The predicted molar refractivity (Wildman–Crippen MR) is 69.7 cm³/mol. The first-order valence-corrected chi connectivity index (χ1v) is 6.94. The number of alkyl halides is 2. The SMILES string of the molecule is O=C1OC(CNC2CCc3ccccc3C2)CC1(F)F. The quantitative estimate of drug-likeness (QED) is 0.862. The highest BCUT2D eigenvalue weighted by atomic mass is 19.3. The van der Waals surface area contributed by atoms with Gasteiger partial charge in [0.1, 0.15) is 6.10 Å². The van der Waals surface area contributed by atoms with Gasteiger partial charge in [0, 0.05) is 12.6 Å². The van der Waals surface area contributed by atoms with E-state index in [1.54, 1.807) is 0 Å². The van der Waals surface area contributed by atoms with Gasteiger partial charge in [-0.3, -0.25) is 0 Å². The fourth-order valence-corrected chi connectivity index (χ4v) is 2.93. The molecule has 5 heteroatoms. The van der Waals surface area contributed by atoms with Crippen LogP contribution in [0.1, 0.15) is 24.0 Å². The first kappa shape index (κ1) is 13.5. The molecule has 2 atom stereocenters. The van der Waals surface area contributed by atoms with E-state index in [2.05, 4.69) is 22.2 Å². The normalized spacial score (nSPS) is 28.0. The number of cyclic esters (lactones) is 1. The molecule has 20 heavy (non-hydrogen) atoms. The van der Waals surface area contributed by atoms with Crippen LogP contribution < -0.4 is 5.32 Å². The lowest BCUT2D eigenvalue weighted by atomic mass is 9.88. The van der Waals surface area contributed by atoms with Crippen molar-refractivity contribution in [3.63, 3.8) is 0 Å². The van der Waals surface area contributed by atoms with E-state index < -0.39 is 24.4 Å². The zero-order valence-corrected chi connectivity index (χ0v) is 11.1. The van der Waals surface area contributed by atoms with E-state index in [9.17, 15) is 13.6 Å². The lowest BCUT2D eigenvalue weighted by Gasteiger charge is -2.26. The molecule has 1 fully saturated rings. The molecule has 0 bridgehead atoms. The van der Waals surface area contributed by atoms with Gasteiger partial charge in [0.25, 0.3) is 0 Å². The smallest absolute Gasteiger partial charge is 0.377 e. The van der Waals surface area contributed by atoms with Gasteiger partial charge < -0.3 is 10.1 Å². The van der Waals surface area contributed by atoms with Crippen molar-refractivity contribution >= 4 is 5.97 Å². The minimum atomic E-state index is -3.31. The summed E-state index contributed by atoms with van der Waals surface area (Å²) in [5, 5.41) is 3.25. The third-order valence-corrected chi connectivity index (χ3v) is 4.04. The van der Waals surface area contributed by atoms with Crippen molar-refractivity contribution in [2.24, 2.45) is 0 Å². The summed E-state index contributed by atoms with van der Waals surface area (Å²) in [7, 11) is 0. The van der Waals surface area contributed by atoms with E-state index in [1.807, 2.05) is 12.1 Å². The average Bonchev–Trinajstić information content (AvgIpc) is 2.70. The summed E-state index contributed by atoms with van der Waals surface area (Å²) in [6, 6.07) is 8.54. The van der Waals surface area contributed by atoms with Crippen molar-refractivity contribution in [1.82, 2.24) is 5.32 Å². The number of hydrogen-bond acceptors (Lipinski definition) is 3. The fraction of sp³-hybridized carbons (Fsp3) is 0.533. The predicted octanol–water partition coefficient (Wildman–Crippen LogP) is 2.08. The Morgan fingerprint density at radius 1 is 1.30 bits per heavy atom. The number of aryl methyl sites for hydroxylation is 1. The lowest BCUT2D eigenvalue weighted by molar-refractivity contribution is -0.159. The molecule has 0 aromatic heterocycles. The van der Waals surface area contributed by atoms with Crippen molar-refractivity contribution in [2.75, 3.05) is 6.54 Å². The van der Waals surface area contributed by atoms with Gasteiger partial charge in [-0.05, 0) is 30.4 Å². The van der Waals surface area contributed by atoms with Crippen molar-refractivity contribution < 1.29 is 18.3 Å². The second-order valence-corrected chi connectivity index (χ2v) is 5.55. The van der Waals surface area contributed by atoms with Gasteiger partial charge in [0.15, 0.2) is 0 Å². The van der Waals surface area contributed by atoms with E-state index in [0.717, 1.165) is 19.3 Å². The van der Waals surface area contributed by atoms with Gasteiger partial charge in [0.05, 0.1) is 6.42 Å². The number of halogens is 2. The summed E-state index contributed by atoms with van der Waals surface area (Å²) < 4.78 is 30.8. The molecule has 108 valence electrons. The molecule has 1 aromatic rings. The second kappa shape index (κ2) is 5.13. The maximum Gasteiger partial charge on any atom is 0.377 e. The molecule has 1 heterocycles. The number of hydrogen-bond donors (Lipinski definition) is 1. The van der Waals surface area contributed by atoms with Crippen LogP contribution in [0.5, 0.6) is 0 Å². The maximum absolute atomic E-state index is 13.0. The molecule has 0 amide bonds. The molecule has 1 saturated heterocycles. The second-order valence-electron chi connectivity index (χ2n) is 5.55. The van der Waals surface area contributed by atoms with Gasteiger partial charge >= 0.3 is 11.9 Å². The summed E-state index contributed by atoms with van der Waals surface area (Å²) in [6.45, 7) is 0.300. The van der Waals surface area contributed by atoms with Crippen LogP contribution in [0.4, 0.5) is 8.78 Å². The van der Waals surface area contributed by atoms with Gasteiger partial charge in [-0.1, -0.05) is 24.3 Å². The molecule has 1 aliphatic heterocycles. The van der Waals surface area contributed by atoms with Crippen molar-refractivity contribution in [3.8, 4) is 0 Å². The Kier molecular flexibility index (Phi) is 3.46. The molecule has 2 unspecified atom stereocenters. The average molecular weight is 281 g/mol. The number of benzene rings is 1. The third kappa shape index (κ3) is 2.68. The highest BCUT2D eigenvalue weighted by molar-refractivity contribution is 5.79. The standard InChI is InChI=1S/C15H17F2NO2/c16-15(17)8-13(20-14(15)19)9-18-12-6-5-10-3-1-2-4-11(10)7-12/h1-4,12-13,18H,5-9H2. The number of nitrogens with one attached hydrogen (secondary N) is 1. The van der Waals surface area contributed by atoms with Crippen molar-refractivity contribution in [1.29, 1.82) is 0 Å². The molecule has 1 aliphatic carbocycles. The van der Waals surface area contributed by atoms with Gasteiger partial charge in [-0.2, -0.15) is 8.78 Å². The van der Waals surface area contributed by atoms with E-state index in [1.165, 1.54) is 11.1 Å². The highest BCUT2D eigenvalue weighted by Crippen LogP contribution is 2.30. The number of rotatable bonds is 3. The first-order chi connectivity index (χ1) is 9.54. The molecule has 2 aliphatic rings. The number of carbonyl (C=O) groups is 1. The molecule has 0 spiro atoms. The molecule has 3 rings (SSSR count). The van der Waals surface area contributed by atoms with Crippen molar-refractivity contribution in [3.05, 3.63) is 35.4 Å². The number of esters is 1. The van der Waals surface area contributed by atoms with Crippen LogP contribution in [0, 0.1) is 0 Å². The molecule has 1 aromatic carbocycles. The van der Waals surface area contributed by atoms with Crippen LogP contribution in [0.3, 0.4) is 0 Å². The van der Waals surface area contributed by atoms with Crippen LogP contribution in [0.15, 0.2) is 24.3 Å². The first-order valence-electron chi connectivity index (χ1n) is 6.94. The Balaban J connectivity index is 1.53. The molecular weight excluding hydrogens is 264 g/mol. The summed E-state index contributed by atoms with van der Waals surface area (Å²) >= 11 is 0. The fourth-order valence-electron chi connectivity index (χ4n) is 2.93. The maximum atomic E-state index is 13.0. The molecule has 0 radical (unpaired) electrons. The summed E-state index contributed by atoms with van der Waals surface area (Å²) in [5.41, 5.74) is 2.68. The summed E-state index contributed by atoms with van der Waals surface area (Å²) in [6.07, 6.45) is 1.65. The van der Waals surface area contributed by atoms with Crippen LogP contribution in [0.25, 0.3) is 0 Å². The molecule has 3 nitrogen and oxygen atoms in total. The Labute approximate surface area is 116 Å². The number of fused-ring (bicyclic) bond motifs is 1. The molecule has 1 N–H and O–H groups in total. The van der Waals surface area contributed by atoms with Crippen LogP contribution in [0.2, 0.25) is 0 Å². The van der Waals surface area contributed by atoms with Gasteiger partial charge in [-0.25, -0.2) is 4.79 Å². The zero-order chi connectivity index (χ0) is 14.2.